The van der Waals surface area contributed by atoms with Crippen LogP contribution >= 0.6 is 0 Å². The molecule has 22 heavy (non-hydrogen) atoms. The van der Waals surface area contributed by atoms with Gasteiger partial charge in [0.05, 0.1) is 12.2 Å². The number of anilines is 1. The first kappa shape index (κ1) is 14.2. The lowest BCUT2D eigenvalue weighted by molar-refractivity contribution is 0.378. The van der Waals surface area contributed by atoms with Gasteiger partial charge < -0.3 is 15.5 Å². The second-order valence-electron chi connectivity index (χ2n) is 5.02. The maximum absolute atomic E-state index is 6.08. The summed E-state index contributed by atoms with van der Waals surface area (Å²) in [5.41, 5.74) is 7.00. The van der Waals surface area contributed by atoms with Crippen LogP contribution in [-0.4, -0.2) is 52.0 Å². The van der Waals surface area contributed by atoms with Crippen LogP contribution in [0.25, 0.3) is 0 Å². The Morgan fingerprint density at radius 2 is 1.73 bits per heavy atom. The lowest BCUT2D eigenvalue weighted by Gasteiger charge is -2.35. The fourth-order valence-electron chi connectivity index (χ4n) is 2.34. The van der Waals surface area contributed by atoms with Crippen molar-refractivity contribution in [2.24, 2.45) is 10.7 Å². The van der Waals surface area contributed by atoms with E-state index in [-0.39, 0.29) is 0 Å². The third kappa shape index (κ3) is 3.49. The molecule has 1 saturated heterocycles. The molecule has 3 rings (SSSR count). The number of guanidine groups is 1. The Hall–Kier alpha value is -2.70. The fraction of sp³-hybridized carbons (Fsp3) is 0.333. The summed E-state index contributed by atoms with van der Waals surface area (Å²) in [7, 11) is 0. The number of rotatable bonds is 3. The van der Waals surface area contributed by atoms with Gasteiger partial charge in [-0.3, -0.25) is 4.98 Å². The maximum Gasteiger partial charge on any atom is 0.225 e. The highest BCUT2D eigenvalue weighted by Crippen LogP contribution is 2.09. The number of nitrogens with two attached hydrogens (primary N) is 1. The second kappa shape index (κ2) is 6.84. The smallest absolute Gasteiger partial charge is 0.225 e. The normalized spacial score (nSPS) is 15.9. The van der Waals surface area contributed by atoms with Crippen molar-refractivity contribution in [3.63, 3.8) is 0 Å². The molecule has 0 aliphatic carbocycles. The summed E-state index contributed by atoms with van der Waals surface area (Å²) in [6.45, 7) is 3.81. The third-order valence-corrected chi connectivity index (χ3v) is 3.57. The highest BCUT2D eigenvalue weighted by molar-refractivity contribution is 5.78. The standard InChI is InChI=1S/C15H19N7/c16-14(20-12-13-4-1-2-5-17-13)21-8-10-22(11-9-21)15-18-6-3-7-19-15/h1-7H,8-12H2,(H2,16,20). The van der Waals surface area contributed by atoms with E-state index in [9.17, 15) is 0 Å². The van der Waals surface area contributed by atoms with Crippen LogP contribution in [0.4, 0.5) is 5.95 Å². The Morgan fingerprint density at radius 3 is 2.41 bits per heavy atom. The highest BCUT2D eigenvalue weighted by Gasteiger charge is 2.19. The van der Waals surface area contributed by atoms with Crippen molar-refractivity contribution < 1.29 is 0 Å². The monoisotopic (exact) mass is 297 g/mol. The molecule has 1 fully saturated rings. The molecule has 2 aromatic heterocycles. The van der Waals surface area contributed by atoms with Crippen LogP contribution in [0.15, 0.2) is 47.8 Å². The van der Waals surface area contributed by atoms with Gasteiger partial charge >= 0.3 is 0 Å². The number of hydrogen-bond donors (Lipinski definition) is 1. The molecule has 0 radical (unpaired) electrons. The Kier molecular flexibility index (Phi) is 4.43. The minimum Gasteiger partial charge on any atom is -0.370 e. The molecule has 114 valence electrons. The fourth-order valence-corrected chi connectivity index (χ4v) is 2.34. The summed E-state index contributed by atoms with van der Waals surface area (Å²) in [6.07, 6.45) is 5.29. The Labute approximate surface area is 129 Å². The Balaban J connectivity index is 1.54. The molecule has 7 nitrogen and oxygen atoms in total. The van der Waals surface area contributed by atoms with E-state index in [0.29, 0.717) is 12.5 Å². The number of piperazine rings is 1. The summed E-state index contributed by atoms with van der Waals surface area (Å²) in [5.74, 6) is 1.34. The maximum atomic E-state index is 6.08. The number of hydrogen-bond acceptors (Lipinski definition) is 5. The van der Waals surface area contributed by atoms with Crippen molar-refractivity contribution in [3.05, 3.63) is 48.5 Å². The summed E-state index contributed by atoms with van der Waals surface area (Å²) >= 11 is 0. The molecule has 7 heteroatoms. The first-order valence-electron chi connectivity index (χ1n) is 7.29. The molecule has 0 bridgehead atoms. The summed E-state index contributed by atoms with van der Waals surface area (Å²) < 4.78 is 0. The zero-order valence-electron chi connectivity index (χ0n) is 12.3. The van der Waals surface area contributed by atoms with Gasteiger partial charge in [0.1, 0.15) is 0 Å². The van der Waals surface area contributed by atoms with E-state index in [1.807, 2.05) is 24.3 Å². The molecular weight excluding hydrogens is 278 g/mol. The highest BCUT2D eigenvalue weighted by atomic mass is 15.3. The van der Waals surface area contributed by atoms with Gasteiger partial charge in [0, 0.05) is 44.8 Å². The number of nitrogens with zero attached hydrogens (tertiary/aromatic N) is 6. The zero-order chi connectivity index (χ0) is 15.2. The lowest BCUT2D eigenvalue weighted by atomic mass is 10.3. The van der Waals surface area contributed by atoms with E-state index in [0.717, 1.165) is 37.8 Å². The molecule has 0 amide bonds. The first-order chi connectivity index (χ1) is 10.8. The van der Waals surface area contributed by atoms with E-state index >= 15 is 0 Å². The van der Waals surface area contributed by atoms with Gasteiger partial charge in [0.2, 0.25) is 5.95 Å². The van der Waals surface area contributed by atoms with Gasteiger partial charge in [0.25, 0.3) is 0 Å². The molecule has 2 N–H and O–H groups in total. The van der Waals surface area contributed by atoms with Crippen LogP contribution in [0.1, 0.15) is 5.69 Å². The molecule has 0 spiro atoms. The molecule has 0 saturated carbocycles. The van der Waals surface area contributed by atoms with E-state index in [1.165, 1.54) is 0 Å². The van der Waals surface area contributed by atoms with Crippen molar-refractivity contribution in [2.75, 3.05) is 31.1 Å². The van der Waals surface area contributed by atoms with Crippen LogP contribution in [0, 0.1) is 0 Å². The Morgan fingerprint density at radius 1 is 1.00 bits per heavy atom. The predicted octanol–water partition coefficient (Wildman–Crippen LogP) is 0.508. The summed E-state index contributed by atoms with van der Waals surface area (Å²) in [5, 5.41) is 0. The number of aliphatic imine (C=N–C) groups is 1. The number of pyridine rings is 1. The van der Waals surface area contributed by atoms with E-state index in [4.69, 9.17) is 5.73 Å². The minimum absolute atomic E-state index is 0.509. The predicted molar refractivity (Wildman–Crippen MR) is 85.4 cm³/mol. The zero-order valence-corrected chi connectivity index (χ0v) is 12.3. The molecule has 1 aliphatic rings. The van der Waals surface area contributed by atoms with Gasteiger partial charge in [-0.1, -0.05) is 6.07 Å². The van der Waals surface area contributed by atoms with Crippen molar-refractivity contribution in [1.29, 1.82) is 0 Å². The Bertz CT molecular complexity index is 606. The lowest BCUT2D eigenvalue weighted by Crippen LogP contribution is -2.51. The summed E-state index contributed by atoms with van der Waals surface area (Å²) in [6, 6.07) is 7.61. The van der Waals surface area contributed by atoms with Crippen LogP contribution in [0.5, 0.6) is 0 Å². The molecule has 2 aromatic rings. The van der Waals surface area contributed by atoms with E-state index < -0.39 is 0 Å². The van der Waals surface area contributed by atoms with Gasteiger partial charge in [-0.05, 0) is 18.2 Å². The second-order valence-corrected chi connectivity index (χ2v) is 5.02. The molecule has 0 aromatic carbocycles. The van der Waals surface area contributed by atoms with Crippen LogP contribution < -0.4 is 10.6 Å². The van der Waals surface area contributed by atoms with Crippen LogP contribution in [0.2, 0.25) is 0 Å². The van der Waals surface area contributed by atoms with Crippen molar-refractivity contribution >= 4 is 11.9 Å². The van der Waals surface area contributed by atoms with Gasteiger partial charge in [-0.2, -0.15) is 0 Å². The minimum atomic E-state index is 0.509. The summed E-state index contributed by atoms with van der Waals surface area (Å²) in [4.78, 5) is 21.5. The van der Waals surface area contributed by atoms with Gasteiger partial charge in [-0.25, -0.2) is 15.0 Å². The average Bonchev–Trinajstić information content (AvgIpc) is 2.61. The van der Waals surface area contributed by atoms with Crippen LogP contribution in [-0.2, 0) is 6.54 Å². The number of aromatic nitrogens is 3. The molecule has 1 aliphatic heterocycles. The molecule has 0 unspecified atom stereocenters. The SMILES string of the molecule is NC(=NCc1ccccn1)N1CCN(c2ncccn2)CC1. The van der Waals surface area contributed by atoms with Gasteiger partial charge in [0.15, 0.2) is 5.96 Å². The van der Waals surface area contributed by atoms with Crippen LogP contribution in [0.3, 0.4) is 0 Å². The van der Waals surface area contributed by atoms with E-state index in [2.05, 4.69) is 29.7 Å². The van der Waals surface area contributed by atoms with Crippen molar-refractivity contribution in [2.45, 2.75) is 6.54 Å². The van der Waals surface area contributed by atoms with E-state index in [1.54, 1.807) is 18.6 Å². The topological polar surface area (TPSA) is 83.5 Å². The van der Waals surface area contributed by atoms with Crippen molar-refractivity contribution in [3.8, 4) is 0 Å². The third-order valence-electron chi connectivity index (χ3n) is 3.57. The van der Waals surface area contributed by atoms with Gasteiger partial charge in [-0.15, -0.1) is 0 Å². The largest absolute Gasteiger partial charge is 0.370 e. The molecular formula is C15H19N7. The quantitative estimate of drug-likeness (QED) is 0.656. The average molecular weight is 297 g/mol. The molecule has 3 heterocycles. The first-order valence-corrected chi connectivity index (χ1v) is 7.29. The van der Waals surface area contributed by atoms with Crippen molar-refractivity contribution in [1.82, 2.24) is 19.9 Å². The molecule has 0 atom stereocenters.